The second kappa shape index (κ2) is 7.49. The van der Waals surface area contributed by atoms with Gasteiger partial charge < -0.3 is 15.4 Å². The van der Waals surface area contributed by atoms with Gasteiger partial charge in [-0.3, -0.25) is 19.7 Å². The average Bonchev–Trinajstić information content (AvgIpc) is 2.83. The number of aryl methyl sites for hydroxylation is 1. The highest BCUT2D eigenvalue weighted by Gasteiger charge is 2.22. The third kappa shape index (κ3) is 3.68. The first-order valence-electron chi connectivity index (χ1n) is 8.81. The molecule has 1 aliphatic heterocycles. The van der Waals surface area contributed by atoms with Gasteiger partial charge >= 0.3 is 0 Å². The Hall–Kier alpha value is -3.91. The fourth-order valence-corrected chi connectivity index (χ4v) is 3.27. The van der Waals surface area contributed by atoms with Crippen molar-refractivity contribution in [3.63, 3.8) is 0 Å². The molecule has 3 aromatic rings. The van der Waals surface area contributed by atoms with Gasteiger partial charge in [-0.15, -0.1) is 0 Å². The van der Waals surface area contributed by atoms with Crippen molar-refractivity contribution in [1.82, 2.24) is 0 Å². The lowest BCUT2D eigenvalue weighted by Gasteiger charge is -2.10. The Morgan fingerprint density at radius 2 is 1.87 bits per heavy atom. The fourth-order valence-electron chi connectivity index (χ4n) is 3.01. The highest BCUT2D eigenvalue weighted by molar-refractivity contribution is 6.34. The van der Waals surface area contributed by atoms with Gasteiger partial charge in [0.2, 0.25) is 0 Å². The summed E-state index contributed by atoms with van der Waals surface area (Å²) in [5, 5.41) is 16.2. The largest absolute Gasteiger partial charge is 0.454 e. The number of nitro groups is 1. The molecule has 0 saturated carbocycles. The van der Waals surface area contributed by atoms with E-state index in [-0.39, 0.29) is 27.7 Å². The predicted octanol–water partition coefficient (Wildman–Crippen LogP) is 5.17. The quantitative estimate of drug-likeness (QED) is 0.446. The molecule has 4 rings (SSSR count). The molecule has 1 aliphatic rings. The van der Waals surface area contributed by atoms with E-state index in [1.54, 1.807) is 24.3 Å². The Kier molecular flexibility index (Phi) is 4.85. The molecule has 0 spiro atoms. The van der Waals surface area contributed by atoms with Gasteiger partial charge in [0, 0.05) is 17.8 Å². The summed E-state index contributed by atoms with van der Waals surface area (Å²) in [5.41, 5.74) is 1.97. The predicted molar refractivity (Wildman–Crippen MR) is 112 cm³/mol. The number of nitrogens with zero attached hydrogens (tertiary/aromatic N) is 1. The number of rotatable bonds is 3. The van der Waals surface area contributed by atoms with E-state index in [9.17, 15) is 19.7 Å². The van der Waals surface area contributed by atoms with E-state index < -0.39 is 10.8 Å². The van der Waals surface area contributed by atoms with E-state index in [1.807, 2.05) is 13.0 Å². The standard InChI is InChI=1S/C21H14ClN3O5/c1-11-2-6-19-17(8-11)24-21(27)15-9-12(3-7-18(15)30-19)23-20(26)14-5-4-13(25(28)29)10-16(14)22/h2-10H,1H3,(H,23,26)(H,24,27). The number of carbonyl (C=O) groups excluding carboxylic acids is 2. The van der Waals surface area contributed by atoms with E-state index in [0.717, 1.165) is 11.6 Å². The molecule has 0 radical (unpaired) electrons. The Morgan fingerprint density at radius 1 is 1.10 bits per heavy atom. The molecule has 0 fully saturated rings. The maximum Gasteiger partial charge on any atom is 0.270 e. The smallest absolute Gasteiger partial charge is 0.270 e. The van der Waals surface area contributed by atoms with Gasteiger partial charge in [-0.25, -0.2) is 0 Å². The van der Waals surface area contributed by atoms with Crippen molar-refractivity contribution >= 4 is 40.5 Å². The molecule has 2 amide bonds. The van der Waals surface area contributed by atoms with Gasteiger partial charge in [-0.2, -0.15) is 0 Å². The minimum atomic E-state index is -0.599. The number of hydrogen-bond acceptors (Lipinski definition) is 5. The van der Waals surface area contributed by atoms with Crippen molar-refractivity contribution < 1.29 is 19.2 Å². The fraction of sp³-hybridized carbons (Fsp3) is 0.0476. The molecule has 150 valence electrons. The molecule has 0 saturated heterocycles. The minimum Gasteiger partial charge on any atom is -0.454 e. The van der Waals surface area contributed by atoms with Crippen molar-refractivity contribution in [3.05, 3.63) is 86.4 Å². The number of carbonyl (C=O) groups is 2. The summed E-state index contributed by atoms with van der Waals surface area (Å²) >= 11 is 6.01. The molecule has 1 heterocycles. The average molecular weight is 424 g/mol. The van der Waals surface area contributed by atoms with Crippen LogP contribution < -0.4 is 15.4 Å². The van der Waals surface area contributed by atoms with E-state index in [1.165, 1.54) is 18.2 Å². The number of nitro benzene ring substituents is 1. The number of hydrogen-bond donors (Lipinski definition) is 2. The van der Waals surface area contributed by atoms with Crippen LogP contribution in [0.3, 0.4) is 0 Å². The second-order valence-corrected chi connectivity index (χ2v) is 7.05. The molecule has 30 heavy (non-hydrogen) atoms. The van der Waals surface area contributed by atoms with E-state index in [2.05, 4.69) is 10.6 Å². The van der Waals surface area contributed by atoms with Crippen LogP contribution >= 0.6 is 11.6 Å². The normalized spacial score (nSPS) is 12.0. The molecule has 2 N–H and O–H groups in total. The van der Waals surface area contributed by atoms with Gasteiger partial charge in [0.25, 0.3) is 17.5 Å². The van der Waals surface area contributed by atoms with Crippen LogP contribution in [0.4, 0.5) is 17.1 Å². The van der Waals surface area contributed by atoms with Gasteiger partial charge in [-0.05, 0) is 48.9 Å². The molecule has 0 unspecified atom stereocenters. The summed E-state index contributed by atoms with van der Waals surface area (Å²) in [6.07, 6.45) is 0. The topological polar surface area (TPSA) is 111 Å². The maximum absolute atomic E-state index is 12.7. The molecular formula is C21H14ClN3O5. The summed E-state index contributed by atoms with van der Waals surface area (Å²) in [6, 6.07) is 13.7. The van der Waals surface area contributed by atoms with Crippen LogP contribution in [0.25, 0.3) is 0 Å². The van der Waals surface area contributed by atoms with Crippen molar-refractivity contribution in [2.24, 2.45) is 0 Å². The molecule has 0 atom stereocenters. The zero-order chi connectivity index (χ0) is 21.4. The van der Waals surface area contributed by atoms with E-state index in [0.29, 0.717) is 22.9 Å². The first kappa shape index (κ1) is 19.4. The lowest BCUT2D eigenvalue weighted by Crippen LogP contribution is -2.14. The Morgan fingerprint density at radius 3 is 2.60 bits per heavy atom. The van der Waals surface area contributed by atoms with Crippen molar-refractivity contribution in [3.8, 4) is 11.5 Å². The van der Waals surface area contributed by atoms with E-state index in [4.69, 9.17) is 16.3 Å². The highest BCUT2D eigenvalue weighted by Crippen LogP contribution is 2.37. The SMILES string of the molecule is Cc1ccc2c(c1)NC(=O)c1cc(NC(=O)c3ccc([N+](=O)[O-])cc3Cl)ccc1O2. The van der Waals surface area contributed by atoms with Crippen LogP contribution in [0.15, 0.2) is 54.6 Å². The number of amides is 2. The summed E-state index contributed by atoms with van der Waals surface area (Å²) in [5.74, 6) is -0.0776. The lowest BCUT2D eigenvalue weighted by atomic mass is 10.1. The van der Waals surface area contributed by atoms with Gasteiger partial charge in [0.1, 0.15) is 5.75 Å². The Bertz CT molecular complexity index is 1230. The molecule has 0 bridgehead atoms. The lowest BCUT2D eigenvalue weighted by molar-refractivity contribution is -0.384. The van der Waals surface area contributed by atoms with Gasteiger partial charge in [0.05, 0.1) is 26.8 Å². The highest BCUT2D eigenvalue weighted by atomic mass is 35.5. The number of nitrogens with one attached hydrogen (secondary N) is 2. The van der Waals surface area contributed by atoms with Crippen LogP contribution in [0.2, 0.25) is 5.02 Å². The van der Waals surface area contributed by atoms with Crippen LogP contribution in [0, 0.1) is 17.0 Å². The molecule has 8 nitrogen and oxygen atoms in total. The molecule has 3 aromatic carbocycles. The monoisotopic (exact) mass is 423 g/mol. The van der Waals surface area contributed by atoms with Crippen LogP contribution in [-0.2, 0) is 0 Å². The zero-order valence-electron chi connectivity index (χ0n) is 15.6. The van der Waals surface area contributed by atoms with Gasteiger partial charge in [0.15, 0.2) is 5.75 Å². The van der Waals surface area contributed by atoms with Gasteiger partial charge in [-0.1, -0.05) is 17.7 Å². The molecule has 0 aromatic heterocycles. The Balaban J connectivity index is 1.60. The van der Waals surface area contributed by atoms with Crippen molar-refractivity contribution in [2.45, 2.75) is 6.92 Å². The summed E-state index contributed by atoms with van der Waals surface area (Å²) in [4.78, 5) is 35.4. The van der Waals surface area contributed by atoms with E-state index >= 15 is 0 Å². The Labute approximate surface area is 175 Å². The molecule has 0 aliphatic carbocycles. The minimum absolute atomic E-state index is 0.0524. The molecule has 9 heteroatoms. The summed E-state index contributed by atoms with van der Waals surface area (Å²) in [6.45, 7) is 1.90. The number of anilines is 2. The maximum atomic E-state index is 12.7. The number of ether oxygens (including phenoxy) is 1. The van der Waals surface area contributed by atoms with Crippen LogP contribution in [0.5, 0.6) is 11.5 Å². The van der Waals surface area contributed by atoms with Crippen LogP contribution in [-0.4, -0.2) is 16.7 Å². The van der Waals surface area contributed by atoms with Crippen molar-refractivity contribution in [1.29, 1.82) is 0 Å². The second-order valence-electron chi connectivity index (χ2n) is 6.64. The third-order valence-electron chi connectivity index (χ3n) is 4.49. The first-order valence-corrected chi connectivity index (χ1v) is 9.19. The first-order chi connectivity index (χ1) is 14.3. The summed E-state index contributed by atoms with van der Waals surface area (Å²) in [7, 11) is 0. The number of non-ortho nitro benzene ring substituents is 1. The summed E-state index contributed by atoms with van der Waals surface area (Å²) < 4.78 is 5.85. The number of fused-ring (bicyclic) bond motifs is 2. The van der Waals surface area contributed by atoms with Crippen molar-refractivity contribution in [2.75, 3.05) is 10.6 Å². The third-order valence-corrected chi connectivity index (χ3v) is 4.81. The van der Waals surface area contributed by atoms with Crippen LogP contribution in [0.1, 0.15) is 26.3 Å². The zero-order valence-corrected chi connectivity index (χ0v) is 16.3. The number of benzene rings is 3. The number of halogens is 1. The molecular weight excluding hydrogens is 410 g/mol.